The van der Waals surface area contributed by atoms with Crippen molar-refractivity contribution < 1.29 is 4.57 Å². The van der Waals surface area contributed by atoms with E-state index < -0.39 is 0 Å². The summed E-state index contributed by atoms with van der Waals surface area (Å²) in [7, 11) is 0. The predicted molar refractivity (Wildman–Crippen MR) is 174 cm³/mol. The fourth-order valence-corrected chi connectivity index (χ4v) is 8.31. The zero-order valence-corrected chi connectivity index (χ0v) is 27.6. The van der Waals surface area contributed by atoms with Crippen molar-refractivity contribution in [1.82, 2.24) is 0 Å². The highest BCUT2D eigenvalue weighted by atomic mass is 15.1. The van der Waals surface area contributed by atoms with Crippen LogP contribution in [0.2, 0.25) is 0 Å². The number of pyridine rings is 1. The van der Waals surface area contributed by atoms with Crippen molar-refractivity contribution in [2.75, 3.05) is 0 Å². The molecule has 1 aromatic heterocycles. The summed E-state index contributed by atoms with van der Waals surface area (Å²) in [6, 6.07) is 15.1. The van der Waals surface area contributed by atoms with Gasteiger partial charge in [-0.2, -0.15) is 4.57 Å². The van der Waals surface area contributed by atoms with Gasteiger partial charge in [-0.3, -0.25) is 0 Å². The van der Waals surface area contributed by atoms with Crippen LogP contribution in [0.15, 0.2) is 42.6 Å². The lowest BCUT2D eigenvalue weighted by Gasteiger charge is -2.47. The lowest BCUT2D eigenvalue weighted by Crippen LogP contribution is -2.67. The minimum Gasteiger partial charge on any atom is -0.192 e. The van der Waals surface area contributed by atoms with Crippen LogP contribution < -0.4 is 4.57 Å². The van der Waals surface area contributed by atoms with Gasteiger partial charge < -0.3 is 0 Å². The molecule has 2 heterocycles. The Morgan fingerprint density at radius 1 is 0.775 bits per heavy atom. The fraction of sp³-hybridized carbons (Fsp3) is 0.615. The summed E-state index contributed by atoms with van der Waals surface area (Å²) < 4.78 is 2.68. The van der Waals surface area contributed by atoms with E-state index in [1.54, 1.807) is 16.7 Å². The molecule has 0 bridgehead atoms. The van der Waals surface area contributed by atoms with Gasteiger partial charge in [-0.15, -0.1) is 0 Å². The Labute approximate surface area is 245 Å². The maximum atomic E-state index is 2.68. The molecule has 0 spiro atoms. The molecule has 0 fully saturated rings. The Kier molecular flexibility index (Phi) is 7.12. The Balaban J connectivity index is 1.84. The molecule has 1 aliphatic heterocycles. The largest absolute Gasteiger partial charge is 0.221 e. The number of hydrogen-bond donors (Lipinski definition) is 0. The number of unbranched alkanes of at least 4 members (excludes halogenated alkanes) is 2. The van der Waals surface area contributed by atoms with Crippen LogP contribution in [0.1, 0.15) is 150 Å². The van der Waals surface area contributed by atoms with E-state index in [4.69, 9.17) is 0 Å². The zero-order valence-electron chi connectivity index (χ0n) is 27.6. The topological polar surface area (TPSA) is 3.88 Å². The first-order valence-corrected chi connectivity index (χ1v) is 16.4. The second kappa shape index (κ2) is 9.71. The average molecular weight is 539 g/mol. The molecule has 2 aromatic carbocycles. The Morgan fingerprint density at radius 2 is 1.50 bits per heavy atom. The third kappa shape index (κ3) is 4.20. The number of aromatic nitrogens is 1. The van der Waals surface area contributed by atoms with Gasteiger partial charge in [0.05, 0.1) is 16.4 Å². The quantitative estimate of drug-likeness (QED) is 0.217. The van der Waals surface area contributed by atoms with Crippen LogP contribution in [0.3, 0.4) is 0 Å². The van der Waals surface area contributed by atoms with Gasteiger partial charge in [-0.25, -0.2) is 0 Å². The first-order valence-electron chi connectivity index (χ1n) is 16.4. The van der Waals surface area contributed by atoms with E-state index in [1.807, 2.05) is 0 Å². The molecule has 3 unspecified atom stereocenters. The standard InChI is InChI=1S/C39H56N/c1-12-15-16-20-37(9)22-21-36(7,8)32-26-30-27(24-33(32)37)19-23-40-34(30)29-18-17-28(35(4,5)6)25-31(29)38(10,13-2)39(40,11)14-3/h17-19,23-26H,12-16,20-22H2,1-11H3/q+1. The minimum absolute atomic E-state index is 0.00509. The summed E-state index contributed by atoms with van der Waals surface area (Å²) in [6.07, 6.45) is 12.5. The van der Waals surface area contributed by atoms with Gasteiger partial charge in [0.2, 0.25) is 5.69 Å². The first kappa shape index (κ1) is 29.3. The van der Waals surface area contributed by atoms with Gasteiger partial charge >= 0.3 is 0 Å². The van der Waals surface area contributed by atoms with Crippen LogP contribution in [0, 0.1) is 0 Å². The molecule has 0 amide bonds. The third-order valence-electron chi connectivity index (χ3n) is 12.0. The smallest absolute Gasteiger partial charge is 0.192 e. The summed E-state index contributed by atoms with van der Waals surface area (Å²) in [5.41, 5.74) is 9.71. The highest BCUT2D eigenvalue weighted by molar-refractivity contribution is 5.96. The number of rotatable bonds is 6. The van der Waals surface area contributed by atoms with Gasteiger partial charge in [0.25, 0.3) is 0 Å². The van der Waals surface area contributed by atoms with Crippen molar-refractivity contribution in [2.24, 2.45) is 0 Å². The van der Waals surface area contributed by atoms with E-state index in [0.29, 0.717) is 0 Å². The summed E-state index contributed by atoms with van der Waals surface area (Å²) in [4.78, 5) is 0. The van der Waals surface area contributed by atoms with Crippen molar-refractivity contribution in [1.29, 1.82) is 0 Å². The molecule has 3 atom stereocenters. The summed E-state index contributed by atoms with van der Waals surface area (Å²) >= 11 is 0. The molecule has 216 valence electrons. The number of fused-ring (bicyclic) bond motifs is 6. The van der Waals surface area contributed by atoms with Crippen molar-refractivity contribution in [3.05, 3.63) is 64.8 Å². The third-order valence-corrected chi connectivity index (χ3v) is 12.0. The molecule has 3 aromatic rings. The highest BCUT2D eigenvalue weighted by Crippen LogP contribution is 2.54. The van der Waals surface area contributed by atoms with Crippen LogP contribution in [0.4, 0.5) is 0 Å². The molecule has 0 radical (unpaired) electrons. The molecule has 40 heavy (non-hydrogen) atoms. The summed E-state index contributed by atoms with van der Waals surface area (Å²) in [5.74, 6) is 0. The van der Waals surface area contributed by atoms with Crippen molar-refractivity contribution >= 4 is 10.8 Å². The van der Waals surface area contributed by atoms with Gasteiger partial charge in [0, 0.05) is 19.4 Å². The van der Waals surface area contributed by atoms with Crippen molar-refractivity contribution in [2.45, 2.75) is 155 Å². The summed E-state index contributed by atoms with van der Waals surface area (Å²) in [5, 5.41) is 2.85. The highest BCUT2D eigenvalue weighted by Gasteiger charge is 2.57. The average Bonchev–Trinajstić information content (AvgIpc) is 2.92. The van der Waals surface area contributed by atoms with Gasteiger partial charge in [0.1, 0.15) is 0 Å². The van der Waals surface area contributed by atoms with Crippen molar-refractivity contribution in [3.8, 4) is 11.3 Å². The maximum Gasteiger partial charge on any atom is 0.221 e. The Hall–Kier alpha value is -2.15. The molecule has 1 aliphatic carbocycles. The van der Waals surface area contributed by atoms with Crippen LogP contribution in [0.25, 0.3) is 22.0 Å². The molecule has 2 aliphatic rings. The second-order valence-electron chi connectivity index (χ2n) is 15.7. The summed E-state index contributed by atoms with van der Waals surface area (Å²) in [6.45, 7) is 26.7. The molecule has 1 nitrogen and oxygen atoms in total. The molecule has 5 rings (SSSR count). The number of hydrogen-bond acceptors (Lipinski definition) is 0. The van der Waals surface area contributed by atoms with E-state index in [0.717, 1.165) is 12.8 Å². The van der Waals surface area contributed by atoms with E-state index in [1.165, 1.54) is 66.1 Å². The molecule has 0 saturated heterocycles. The first-order chi connectivity index (χ1) is 18.7. The molecule has 1 heteroatoms. The lowest BCUT2D eigenvalue weighted by molar-refractivity contribution is -0.764. The van der Waals surface area contributed by atoms with Crippen LogP contribution in [-0.2, 0) is 27.2 Å². The fourth-order valence-electron chi connectivity index (χ4n) is 8.31. The minimum atomic E-state index is -0.00509. The van der Waals surface area contributed by atoms with Crippen LogP contribution in [0.5, 0.6) is 0 Å². The predicted octanol–water partition coefficient (Wildman–Crippen LogP) is 10.8. The van der Waals surface area contributed by atoms with Crippen LogP contribution >= 0.6 is 0 Å². The van der Waals surface area contributed by atoms with Gasteiger partial charge in [-0.05, 0) is 94.7 Å². The molecular weight excluding hydrogens is 482 g/mol. The lowest BCUT2D eigenvalue weighted by atomic mass is 9.59. The van der Waals surface area contributed by atoms with Crippen molar-refractivity contribution in [3.63, 3.8) is 0 Å². The van der Waals surface area contributed by atoms with Gasteiger partial charge in [0.15, 0.2) is 11.7 Å². The van der Waals surface area contributed by atoms with E-state index in [9.17, 15) is 0 Å². The second-order valence-corrected chi connectivity index (χ2v) is 15.7. The maximum absolute atomic E-state index is 2.68. The number of benzene rings is 2. The van der Waals surface area contributed by atoms with Gasteiger partial charge in [-0.1, -0.05) is 93.7 Å². The molecular formula is C39H56N+. The van der Waals surface area contributed by atoms with E-state index >= 15 is 0 Å². The molecule has 0 N–H and O–H groups in total. The van der Waals surface area contributed by atoms with Crippen LogP contribution in [-0.4, -0.2) is 0 Å². The molecule has 0 saturated carbocycles. The van der Waals surface area contributed by atoms with E-state index in [2.05, 4.69) is 123 Å². The zero-order chi connectivity index (χ0) is 29.3. The normalized spacial score (nSPS) is 27.3. The van der Waals surface area contributed by atoms with E-state index in [-0.39, 0.29) is 27.2 Å². The SMILES string of the molecule is CCCCCC1(C)CCC(C)(C)c2cc3c4[n+](ccc3cc21)C(C)(CC)C(C)(CC)c1cc(C(C)(C)C)ccc1-4. The monoisotopic (exact) mass is 538 g/mol. The number of nitrogens with zero attached hydrogens (tertiary/aromatic N) is 1. The Morgan fingerprint density at radius 3 is 2.12 bits per heavy atom. The Bertz CT molecular complexity index is 1440.